The summed E-state index contributed by atoms with van der Waals surface area (Å²) in [5.74, 6) is 0.222. The highest BCUT2D eigenvalue weighted by Crippen LogP contribution is 2.15. The zero-order valence-corrected chi connectivity index (χ0v) is 18.3. The summed E-state index contributed by atoms with van der Waals surface area (Å²) in [6.45, 7) is 11.7. The molecule has 29 heavy (non-hydrogen) atoms. The van der Waals surface area contributed by atoms with Gasteiger partial charge in [-0.1, -0.05) is 42.0 Å². The molecule has 0 saturated carbocycles. The Kier molecular flexibility index (Phi) is 7.43. The first-order valence-electron chi connectivity index (χ1n) is 9.91. The quantitative estimate of drug-likeness (QED) is 0.769. The lowest BCUT2D eigenvalue weighted by atomic mass is 10.1. The van der Waals surface area contributed by atoms with Crippen LogP contribution in [-0.2, 0) is 16.1 Å². The summed E-state index contributed by atoms with van der Waals surface area (Å²) in [5.41, 5.74) is 2.77. The second kappa shape index (κ2) is 9.59. The van der Waals surface area contributed by atoms with Gasteiger partial charge in [-0.3, -0.25) is 9.59 Å². The molecule has 0 heterocycles. The number of hydrogen-bond acceptors (Lipinski definition) is 3. The molecule has 2 aromatic carbocycles. The number of nitrogens with one attached hydrogen (secondary N) is 1. The molecule has 1 atom stereocenters. The van der Waals surface area contributed by atoms with Crippen molar-refractivity contribution in [3.63, 3.8) is 0 Å². The first-order chi connectivity index (χ1) is 13.5. The predicted octanol–water partition coefficient (Wildman–Crippen LogP) is 4.01. The first kappa shape index (κ1) is 22.5. The molecule has 2 rings (SSSR count). The van der Waals surface area contributed by atoms with Crippen molar-refractivity contribution in [3.8, 4) is 5.75 Å². The molecular formula is C24H32N2O3. The van der Waals surface area contributed by atoms with E-state index in [-0.39, 0.29) is 24.0 Å². The van der Waals surface area contributed by atoms with Crippen LogP contribution in [0.3, 0.4) is 0 Å². The Labute approximate surface area is 174 Å². The van der Waals surface area contributed by atoms with Crippen molar-refractivity contribution in [3.05, 3.63) is 65.2 Å². The van der Waals surface area contributed by atoms with Crippen LogP contribution < -0.4 is 10.1 Å². The summed E-state index contributed by atoms with van der Waals surface area (Å²) >= 11 is 0. The summed E-state index contributed by atoms with van der Waals surface area (Å²) in [6, 6.07) is 14.9. The highest BCUT2D eigenvalue weighted by atomic mass is 16.5. The van der Waals surface area contributed by atoms with Gasteiger partial charge in [0.15, 0.2) is 6.61 Å². The highest BCUT2D eigenvalue weighted by Gasteiger charge is 2.28. The fourth-order valence-electron chi connectivity index (χ4n) is 3.00. The minimum absolute atomic E-state index is 0.123. The molecule has 0 saturated heterocycles. The van der Waals surface area contributed by atoms with Crippen LogP contribution in [0.15, 0.2) is 48.5 Å². The normalized spacial score (nSPS) is 12.2. The van der Waals surface area contributed by atoms with Crippen LogP contribution >= 0.6 is 0 Å². The third-order valence-electron chi connectivity index (χ3n) is 4.45. The molecule has 5 heteroatoms. The van der Waals surface area contributed by atoms with E-state index >= 15 is 0 Å². The van der Waals surface area contributed by atoms with Gasteiger partial charge in [-0.2, -0.15) is 0 Å². The molecule has 0 fully saturated rings. The number of benzene rings is 2. The molecular weight excluding hydrogens is 364 g/mol. The maximum Gasteiger partial charge on any atom is 0.261 e. The summed E-state index contributed by atoms with van der Waals surface area (Å²) in [6.07, 6.45) is 0. The Bertz CT molecular complexity index is 855. The SMILES string of the molecule is Cc1cccc(CN(C(=O)COc2cccc(C)c2)[C@H](C)C(=O)NC(C)(C)C)c1. The molecule has 0 aliphatic carbocycles. The van der Waals surface area contributed by atoms with Crippen LogP contribution in [0.5, 0.6) is 5.75 Å². The van der Waals surface area contributed by atoms with E-state index in [1.807, 2.05) is 83.1 Å². The fourth-order valence-corrected chi connectivity index (χ4v) is 3.00. The van der Waals surface area contributed by atoms with Crippen LogP contribution in [0.25, 0.3) is 0 Å². The minimum Gasteiger partial charge on any atom is -0.484 e. The Morgan fingerprint density at radius 3 is 2.24 bits per heavy atom. The van der Waals surface area contributed by atoms with Crippen molar-refractivity contribution in [1.82, 2.24) is 10.2 Å². The molecule has 156 valence electrons. The minimum atomic E-state index is -0.622. The van der Waals surface area contributed by atoms with Crippen molar-refractivity contribution < 1.29 is 14.3 Å². The molecule has 0 aliphatic rings. The number of amides is 2. The van der Waals surface area contributed by atoms with E-state index in [1.165, 1.54) is 0 Å². The lowest BCUT2D eigenvalue weighted by Crippen LogP contribution is -2.53. The number of hydrogen-bond donors (Lipinski definition) is 1. The molecule has 0 aliphatic heterocycles. The molecule has 2 amide bonds. The topological polar surface area (TPSA) is 58.6 Å². The lowest BCUT2D eigenvalue weighted by molar-refractivity contribution is -0.142. The third kappa shape index (κ3) is 7.26. The van der Waals surface area contributed by atoms with Gasteiger partial charge in [-0.05, 0) is 64.8 Å². The van der Waals surface area contributed by atoms with Gasteiger partial charge in [-0.15, -0.1) is 0 Å². The van der Waals surface area contributed by atoms with Gasteiger partial charge in [-0.25, -0.2) is 0 Å². The van der Waals surface area contributed by atoms with Crippen LogP contribution in [0, 0.1) is 13.8 Å². The Morgan fingerprint density at radius 1 is 1.03 bits per heavy atom. The van der Waals surface area contributed by atoms with Crippen LogP contribution in [0.2, 0.25) is 0 Å². The average Bonchev–Trinajstić information content (AvgIpc) is 2.62. The monoisotopic (exact) mass is 396 g/mol. The zero-order valence-electron chi connectivity index (χ0n) is 18.3. The molecule has 0 radical (unpaired) electrons. The van der Waals surface area contributed by atoms with Crippen LogP contribution in [-0.4, -0.2) is 34.9 Å². The van der Waals surface area contributed by atoms with E-state index in [2.05, 4.69) is 5.32 Å². The smallest absolute Gasteiger partial charge is 0.261 e. The first-order valence-corrected chi connectivity index (χ1v) is 9.91. The zero-order chi connectivity index (χ0) is 21.6. The van der Waals surface area contributed by atoms with Gasteiger partial charge in [0.25, 0.3) is 5.91 Å². The molecule has 2 aromatic rings. The number of ether oxygens (including phenoxy) is 1. The number of carbonyl (C=O) groups is 2. The molecule has 0 spiro atoms. The largest absolute Gasteiger partial charge is 0.484 e. The summed E-state index contributed by atoms with van der Waals surface area (Å²) in [7, 11) is 0. The maximum atomic E-state index is 13.0. The Balaban J connectivity index is 2.18. The summed E-state index contributed by atoms with van der Waals surface area (Å²) < 4.78 is 5.70. The molecule has 5 nitrogen and oxygen atoms in total. The van der Waals surface area contributed by atoms with E-state index in [1.54, 1.807) is 11.8 Å². The van der Waals surface area contributed by atoms with E-state index < -0.39 is 6.04 Å². The number of nitrogens with zero attached hydrogens (tertiary/aromatic N) is 1. The van der Waals surface area contributed by atoms with Crippen molar-refractivity contribution >= 4 is 11.8 Å². The van der Waals surface area contributed by atoms with E-state index in [4.69, 9.17) is 4.74 Å². The standard InChI is InChI=1S/C24H32N2O3/c1-17-9-7-11-20(13-17)15-26(19(3)23(28)25-24(4,5)6)22(27)16-29-21-12-8-10-18(2)14-21/h7-14,19H,15-16H2,1-6H3,(H,25,28)/t19-/m1/s1. The molecule has 0 unspecified atom stereocenters. The van der Waals surface area contributed by atoms with Crippen LogP contribution in [0.4, 0.5) is 0 Å². The predicted molar refractivity (Wildman–Crippen MR) is 116 cm³/mol. The Hall–Kier alpha value is -2.82. The van der Waals surface area contributed by atoms with Crippen LogP contribution in [0.1, 0.15) is 44.4 Å². The molecule has 1 N–H and O–H groups in total. The molecule has 0 aromatic heterocycles. The fraction of sp³-hybridized carbons (Fsp3) is 0.417. The van der Waals surface area contributed by atoms with Crippen molar-refractivity contribution in [2.45, 2.75) is 59.7 Å². The van der Waals surface area contributed by atoms with E-state index in [0.29, 0.717) is 12.3 Å². The van der Waals surface area contributed by atoms with Gasteiger partial charge >= 0.3 is 0 Å². The second-order valence-corrected chi connectivity index (χ2v) is 8.53. The van der Waals surface area contributed by atoms with Gasteiger partial charge in [0, 0.05) is 12.1 Å². The molecule has 0 bridgehead atoms. The highest BCUT2D eigenvalue weighted by molar-refractivity contribution is 5.88. The van der Waals surface area contributed by atoms with Gasteiger partial charge in [0.1, 0.15) is 11.8 Å². The van der Waals surface area contributed by atoms with Gasteiger partial charge < -0.3 is 15.0 Å². The van der Waals surface area contributed by atoms with Gasteiger partial charge in [0.05, 0.1) is 0 Å². The summed E-state index contributed by atoms with van der Waals surface area (Å²) in [5, 5.41) is 2.96. The number of carbonyl (C=O) groups excluding carboxylic acids is 2. The van der Waals surface area contributed by atoms with Gasteiger partial charge in [0.2, 0.25) is 5.91 Å². The van der Waals surface area contributed by atoms with E-state index in [9.17, 15) is 9.59 Å². The number of aryl methyl sites for hydroxylation is 2. The average molecular weight is 397 g/mol. The Morgan fingerprint density at radius 2 is 1.66 bits per heavy atom. The maximum absolute atomic E-state index is 13.0. The van der Waals surface area contributed by atoms with E-state index in [0.717, 1.165) is 16.7 Å². The number of rotatable bonds is 7. The summed E-state index contributed by atoms with van der Waals surface area (Å²) in [4.78, 5) is 27.3. The lowest BCUT2D eigenvalue weighted by Gasteiger charge is -2.31. The van der Waals surface area contributed by atoms with Crippen molar-refractivity contribution in [2.24, 2.45) is 0 Å². The third-order valence-corrected chi connectivity index (χ3v) is 4.45. The van der Waals surface area contributed by atoms with Crippen molar-refractivity contribution in [2.75, 3.05) is 6.61 Å². The van der Waals surface area contributed by atoms with Crippen molar-refractivity contribution in [1.29, 1.82) is 0 Å². The second-order valence-electron chi connectivity index (χ2n) is 8.53.